The Morgan fingerprint density at radius 1 is 1.41 bits per heavy atom. The molecule has 1 N–H and O–H groups in total. The van der Waals surface area contributed by atoms with E-state index in [9.17, 15) is 14.9 Å². The lowest BCUT2D eigenvalue weighted by Gasteiger charge is -2.06. The van der Waals surface area contributed by atoms with Crippen molar-refractivity contribution in [2.24, 2.45) is 0 Å². The first-order valence-electron chi connectivity index (χ1n) is 6.36. The van der Waals surface area contributed by atoms with Crippen molar-refractivity contribution < 1.29 is 9.53 Å². The van der Waals surface area contributed by atoms with Gasteiger partial charge in [0.05, 0.1) is 18.6 Å². The minimum absolute atomic E-state index is 0.0265. The van der Waals surface area contributed by atoms with Crippen LogP contribution in [0.3, 0.4) is 0 Å². The summed E-state index contributed by atoms with van der Waals surface area (Å²) in [5.41, 5.74) is 1.46. The molecule has 1 heterocycles. The molecule has 0 fully saturated rings. The maximum atomic E-state index is 12.0. The number of nitrogens with one attached hydrogen (secondary N) is 1. The van der Waals surface area contributed by atoms with Gasteiger partial charge in [-0.15, -0.1) is 0 Å². The minimum atomic E-state index is -0.527. The van der Waals surface area contributed by atoms with E-state index in [-0.39, 0.29) is 16.5 Å². The number of benzene rings is 1. The third kappa shape index (κ3) is 3.54. The second-order valence-electron chi connectivity index (χ2n) is 4.44. The van der Waals surface area contributed by atoms with E-state index in [1.54, 1.807) is 12.1 Å². The molecule has 0 amide bonds. The Morgan fingerprint density at radius 3 is 2.68 bits per heavy atom. The Bertz CT molecular complexity index is 791. The molecule has 0 bridgehead atoms. The van der Waals surface area contributed by atoms with E-state index in [1.807, 2.05) is 25.1 Å². The van der Waals surface area contributed by atoms with E-state index in [0.29, 0.717) is 11.3 Å². The van der Waals surface area contributed by atoms with E-state index in [2.05, 4.69) is 14.7 Å². The summed E-state index contributed by atoms with van der Waals surface area (Å²) in [7, 11) is 1.29. The zero-order valence-corrected chi connectivity index (χ0v) is 12.9. The van der Waals surface area contributed by atoms with Crippen molar-refractivity contribution in [3.63, 3.8) is 0 Å². The highest BCUT2D eigenvalue weighted by molar-refractivity contribution is 7.99. The Labute approximate surface area is 131 Å². The van der Waals surface area contributed by atoms with Crippen LogP contribution < -0.4 is 5.56 Å². The highest BCUT2D eigenvalue weighted by atomic mass is 32.2. The van der Waals surface area contributed by atoms with Gasteiger partial charge in [-0.2, -0.15) is 5.26 Å². The predicted molar refractivity (Wildman–Crippen MR) is 82.5 cm³/mol. The molecule has 0 saturated carbocycles. The van der Waals surface area contributed by atoms with Gasteiger partial charge in [0.1, 0.15) is 11.6 Å². The van der Waals surface area contributed by atoms with Crippen LogP contribution in [-0.4, -0.2) is 28.8 Å². The van der Waals surface area contributed by atoms with Crippen LogP contribution in [0, 0.1) is 18.3 Å². The van der Waals surface area contributed by atoms with Gasteiger partial charge in [0.15, 0.2) is 5.16 Å². The molecule has 0 radical (unpaired) electrons. The standard InChI is InChI=1S/C15H13N3O3S/c1-9-3-5-10(6-4-9)13-11(7-16)14(20)18-15(17-13)22-8-12(19)21-2/h3-6H,8H2,1-2H3,(H,17,18,20). The van der Waals surface area contributed by atoms with Crippen LogP contribution in [0.2, 0.25) is 0 Å². The number of carbonyl (C=O) groups excluding carboxylic acids is 1. The van der Waals surface area contributed by atoms with Crippen molar-refractivity contribution >= 4 is 17.7 Å². The Kier molecular flexibility index (Phi) is 4.96. The average Bonchev–Trinajstić information content (AvgIpc) is 2.52. The third-order valence-electron chi connectivity index (χ3n) is 2.89. The maximum Gasteiger partial charge on any atom is 0.316 e. The summed E-state index contributed by atoms with van der Waals surface area (Å²) in [6.07, 6.45) is 0. The molecule has 0 aliphatic rings. The zero-order valence-electron chi connectivity index (χ0n) is 12.0. The molecule has 1 aromatic heterocycles. The number of carbonyl (C=O) groups is 1. The smallest absolute Gasteiger partial charge is 0.316 e. The summed E-state index contributed by atoms with van der Waals surface area (Å²) in [6.45, 7) is 1.94. The topological polar surface area (TPSA) is 95.8 Å². The zero-order chi connectivity index (χ0) is 16.1. The van der Waals surface area contributed by atoms with Crippen LogP contribution in [0.5, 0.6) is 0 Å². The van der Waals surface area contributed by atoms with E-state index < -0.39 is 11.5 Å². The molecule has 0 saturated heterocycles. The van der Waals surface area contributed by atoms with Gasteiger partial charge in [-0.3, -0.25) is 9.59 Å². The minimum Gasteiger partial charge on any atom is -0.468 e. The van der Waals surface area contributed by atoms with Crippen LogP contribution in [0.1, 0.15) is 11.1 Å². The quantitative estimate of drug-likeness (QED) is 0.526. The molecule has 0 atom stereocenters. The van der Waals surface area contributed by atoms with Crippen molar-refractivity contribution in [2.75, 3.05) is 12.9 Å². The molecule has 7 heteroatoms. The SMILES string of the molecule is COC(=O)CSc1nc(-c2ccc(C)cc2)c(C#N)c(=O)[nH]1. The van der Waals surface area contributed by atoms with E-state index in [1.165, 1.54) is 7.11 Å². The number of aryl methyl sites for hydroxylation is 1. The molecule has 112 valence electrons. The molecular formula is C15H13N3O3S. The molecule has 22 heavy (non-hydrogen) atoms. The number of hydrogen-bond donors (Lipinski definition) is 1. The fourth-order valence-corrected chi connectivity index (χ4v) is 2.42. The lowest BCUT2D eigenvalue weighted by Crippen LogP contribution is -2.15. The number of hydrogen-bond acceptors (Lipinski definition) is 6. The number of nitriles is 1. The summed E-state index contributed by atoms with van der Waals surface area (Å²) >= 11 is 1.05. The third-order valence-corrected chi connectivity index (χ3v) is 3.74. The predicted octanol–water partition coefficient (Wildman–Crippen LogP) is 1.88. The second kappa shape index (κ2) is 6.91. The lowest BCUT2D eigenvalue weighted by atomic mass is 10.1. The van der Waals surface area contributed by atoms with Gasteiger partial charge >= 0.3 is 5.97 Å². The number of thioether (sulfide) groups is 1. The summed E-state index contributed by atoms with van der Waals surface area (Å²) < 4.78 is 4.54. The highest BCUT2D eigenvalue weighted by Crippen LogP contribution is 2.22. The maximum absolute atomic E-state index is 12.0. The summed E-state index contributed by atoms with van der Waals surface area (Å²) in [4.78, 5) is 30.0. The summed E-state index contributed by atoms with van der Waals surface area (Å²) in [6, 6.07) is 9.22. The van der Waals surface area contributed by atoms with Crippen LogP contribution >= 0.6 is 11.8 Å². The number of H-pyrrole nitrogens is 1. The largest absolute Gasteiger partial charge is 0.468 e. The molecule has 0 spiro atoms. The van der Waals surface area contributed by atoms with Crippen molar-refractivity contribution in [3.05, 3.63) is 45.7 Å². The van der Waals surface area contributed by atoms with Gasteiger partial charge in [0, 0.05) is 5.56 Å². The molecule has 0 aliphatic carbocycles. The monoisotopic (exact) mass is 315 g/mol. The van der Waals surface area contributed by atoms with Crippen molar-refractivity contribution in [3.8, 4) is 17.3 Å². The van der Waals surface area contributed by atoms with Gasteiger partial charge in [0.25, 0.3) is 5.56 Å². The number of esters is 1. The van der Waals surface area contributed by atoms with E-state index in [4.69, 9.17) is 0 Å². The Morgan fingerprint density at radius 2 is 2.09 bits per heavy atom. The van der Waals surface area contributed by atoms with Crippen LogP contribution in [0.25, 0.3) is 11.3 Å². The molecule has 6 nitrogen and oxygen atoms in total. The number of aromatic nitrogens is 2. The molecule has 0 unspecified atom stereocenters. The highest BCUT2D eigenvalue weighted by Gasteiger charge is 2.14. The Balaban J connectivity index is 2.45. The summed E-state index contributed by atoms with van der Waals surface area (Å²) in [5.74, 6) is -0.396. The first-order valence-corrected chi connectivity index (χ1v) is 7.34. The van der Waals surface area contributed by atoms with Crippen LogP contribution in [0.15, 0.2) is 34.2 Å². The first kappa shape index (κ1) is 15.8. The van der Waals surface area contributed by atoms with Crippen molar-refractivity contribution in [1.29, 1.82) is 5.26 Å². The van der Waals surface area contributed by atoms with Crippen LogP contribution in [-0.2, 0) is 9.53 Å². The average molecular weight is 315 g/mol. The number of rotatable bonds is 4. The summed E-state index contributed by atoms with van der Waals surface area (Å²) in [5, 5.41) is 9.44. The van der Waals surface area contributed by atoms with Crippen LogP contribution in [0.4, 0.5) is 0 Å². The molecule has 1 aromatic carbocycles. The Hall–Kier alpha value is -2.59. The van der Waals surface area contributed by atoms with Gasteiger partial charge in [0.2, 0.25) is 0 Å². The molecule has 0 aliphatic heterocycles. The van der Waals surface area contributed by atoms with Crippen molar-refractivity contribution in [1.82, 2.24) is 9.97 Å². The molecule has 2 aromatic rings. The lowest BCUT2D eigenvalue weighted by molar-refractivity contribution is -0.137. The fourth-order valence-electron chi connectivity index (χ4n) is 1.73. The fraction of sp³-hybridized carbons (Fsp3) is 0.200. The van der Waals surface area contributed by atoms with Gasteiger partial charge in [-0.1, -0.05) is 41.6 Å². The second-order valence-corrected chi connectivity index (χ2v) is 5.40. The molecular weight excluding hydrogens is 302 g/mol. The number of methoxy groups -OCH3 is 1. The normalized spacial score (nSPS) is 10.0. The van der Waals surface area contributed by atoms with Gasteiger partial charge in [-0.25, -0.2) is 4.98 Å². The van der Waals surface area contributed by atoms with E-state index >= 15 is 0 Å². The van der Waals surface area contributed by atoms with Crippen molar-refractivity contribution in [2.45, 2.75) is 12.1 Å². The number of nitrogens with zero attached hydrogens (tertiary/aromatic N) is 2. The number of aromatic amines is 1. The first-order chi connectivity index (χ1) is 10.5. The van der Waals surface area contributed by atoms with Gasteiger partial charge < -0.3 is 9.72 Å². The molecule has 2 rings (SSSR count). The van der Waals surface area contributed by atoms with E-state index in [0.717, 1.165) is 17.3 Å². The number of ether oxygens (including phenoxy) is 1. The van der Waals surface area contributed by atoms with Gasteiger partial charge in [-0.05, 0) is 6.92 Å².